The summed E-state index contributed by atoms with van der Waals surface area (Å²) in [6.45, 7) is 5.92. The van der Waals surface area contributed by atoms with Gasteiger partial charge in [0, 0.05) is 31.8 Å². The van der Waals surface area contributed by atoms with E-state index in [9.17, 15) is 19.2 Å². The normalized spacial score (nSPS) is 13.5. The van der Waals surface area contributed by atoms with Crippen LogP contribution in [-0.4, -0.2) is 54.0 Å². The lowest BCUT2D eigenvalue weighted by Crippen LogP contribution is -2.54. The first-order valence-electron chi connectivity index (χ1n) is 12.1. The van der Waals surface area contributed by atoms with E-state index in [1.807, 2.05) is 56.3 Å². The molecule has 0 unspecified atom stereocenters. The number of carbonyl (C=O) groups is 4. The fourth-order valence-electron chi connectivity index (χ4n) is 3.95. The van der Waals surface area contributed by atoms with E-state index in [1.54, 1.807) is 12.4 Å². The topological polar surface area (TPSA) is 163 Å². The van der Waals surface area contributed by atoms with Crippen molar-refractivity contribution in [2.45, 2.75) is 52.1 Å². The Bertz CT molecular complexity index is 1060. The number of amides is 4. The average Bonchev–Trinajstić information content (AvgIpc) is 2.85. The van der Waals surface area contributed by atoms with Crippen molar-refractivity contribution < 1.29 is 24.4 Å². The highest BCUT2D eigenvalue weighted by Gasteiger charge is 2.29. The van der Waals surface area contributed by atoms with Gasteiger partial charge in [-0.25, -0.2) is 5.48 Å². The zero-order valence-corrected chi connectivity index (χ0v) is 21.0. The van der Waals surface area contributed by atoms with E-state index in [0.29, 0.717) is 6.42 Å². The lowest BCUT2D eigenvalue weighted by Gasteiger charge is -2.24. The van der Waals surface area contributed by atoms with Crippen molar-refractivity contribution >= 4 is 34.4 Å². The van der Waals surface area contributed by atoms with E-state index in [4.69, 9.17) is 10.9 Å². The molecule has 0 heterocycles. The molecule has 0 aliphatic rings. The third-order valence-corrected chi connectivity index (χ3v) is 5.77. The molecular weight excluding hydrogens is 462 g/mol. The van der Waals surface area contributed by atoms with Crippen LogP contribution in [0.4, 0.5) is 0 Å². The largest absolute Gasteiger partial charge is 0.353 e. The van der Waals surface area contributed by atoms with Gasteiger partial charge < -0.3 is 21.7 Å². The first-order chi connectivity index (χ1) is 17.1. The summed E-state index contributed by atoms with van der Waals surface area (Å²) in [6, 6.07) is 11.7. The average molecular weight is 500 g/mol. The summed E-state index contributed by atoms with van der Waals surface area (Å²) >= 11 is 0. The number of hydroxylamine groups is 1. The first-order valence-corrected chi connectivity index (χ1v) is 12.1. The van der Waals surface area contributed by atoms with Crippen LogP contribution < -0.4 is 27.2 Å². The number of benzene rings is 2. The minimum absolute atomic E-state index is 0.103. The van der Waals surface area contributed by atoms with E-state index in [0.717, 1.165) is 16.3 Å². The molecule has 0 radical (unpaired) electrons. The maximum atomic E-state index is 13.2. The minimum atomic E-state index is -0.990. The van der Waals surface area contributed by atoms with Crippen LogP contribution in [0, 0.1) is 11.8 Å². The lowest BCUT2D eigenvalue weighted by atomic mass is 9.92. The molecule has 2 aromatic carbocycles. The number of carbonyl (C=O) groups excluding carboxylic acids is 4. The van der Waals surface area contributed by atoms with Crippen LogP contribution in [0.15, 0.2) is 42.5 Å². The third-order valence-electron chi connectivity index (χ3n) is 5.77. The highest BCUT2D eigenvalue weighted by Crippen LogP contribution is 2.19. The van der Waals surface area contributed by atoms with Gasteiger partial charge in [-0.2, -0.15) is 0 Å². The second kappa shape index (κ2) is 14.2. The van der Waals surface area contributed by atoms with Crippen molar-refractivity contribution in [3.05, 3.63) is 48.0 Å². The van der Waals surface area contributed by atoms with Crippen molar-refractivity contribution in [3.63, 3.8) is 0 Å². The third kappa shape index (κ3) is 8.94. The molecule has 10 heteroatoms. The van der Waals surface area contributed by atoms with Gasteiger partial charge in [0.25, 0.3) is 0 Å². The van der Waals surface area contributed by atoms with Crippen molar-refractivity contribution in [2.24, 2.45) is 17.6 Å². The minimum Gasteiger partial charge on any atom is -0.353 e. The van der Waals surface area contributed by atoms with Gasteiger partial charge in [0.2, 0.25) is 23.6 Å². The quantitative estimate of drug-likeness (QED) is 0.178. The molecule has 0 aromatic heterocycles. The van der Waals surface area contributed by atoms with Crippen LogP contribution in [0.25, 0.3) is 10.8 Å². The molecule has 0 spiro atoms. The molecule has 0 fully saturated rings. The number of rotatable bonds is 13. The summed E-state index contributed by atoms with van der Waals surface area (Å²) in [7, 11) is 0. The molecule has 0 bridgehead atoms. The van der Waals surface area contributed by atoms with Crippen LogP contribution in [-0.2, 0) is 25.6 Å². The van der Waals surface area contributed by atoms with E-state index >= 15 is 0 Å². The number of fused-ring (bicyclic) bond motifs is 1. The Labute approximate surface area is 211 Å². The second-order valence-electron chi connectivity index (χ2n) is 9.32. The Morgan fingerprint density at radius 2 is 1.61 bits per heavy atom. The Kier molecular flexibility index (Phi) is 11.3. The van der Waals surface area contributed by atoms with Gasteiger partial charge in [-0.1, -0.05) is 56.3 Å². The molecule has 36 heavy (non-hydrogen) atoms. The van der Waals surface area contributed by atoms with E-state index in [1.165, 1.54) is 0 Å². The fourth-order valence-corrected chi connectivity index (χ4v) is 3.95. The Hall–Kier alpha value is -3.50. The van der Waals surface area contributed by atoms with E-state index < -0.39 is 35.7 Å². The number of hydrogen-bond acceptors (Lipinski definition) is 6. The number of nitrogens with one attached hydrogen (secondary N) is 4. The molecule has 0 aliphatic carbocycles. The second-order valence-corrected chi connectivity index (χ2v) is 9.32. The molecule has 10 nitrogen and oxygen atoms in total. The molecule has 4 amide bonds. The maximum absolute atomic E-state index is 13.2. The summed E-state index contributed by atoms with van der Waals surface area (Å²) in [5, 5.41) is 19.0. The summed E-state index contributed by atoms with van der Waals surface area (Å²) in [5.74, 6) is -2.71. The SMILES string of the molecule is CC(C)C[C@H](CC(=O)NO)C(=O)N[C@@H](Cc1ccc2ccccc2c1)C(=O)N[C@@H](C)C(=O)NCCN. The highest BCUT2D eigenvalue weighted by atomic mass is 16.5. The summed E-state index contributed by atoms with van der Waals surface area (Å²) in [6.07, 6.45) is 0.352. The molecule has 3 atom stereocenters. The van der Waals surface area contributed by atoms with Crippen LogP contribution in [0.1, 0.15) is 39.2 Å². The number of hydrogen-bond donors (Lipinski definition) is 6. The van der Waals surface area contributed by atoms with Gasteiger partial charge in [0.05, 0.1) is 0 Å². The van der Waals surface area contributed by atoms with Crippen LogP contribution in [0.2, 0.25) is 0 Å². The van der Waals surface area contributed by atoms with Crippen molar-refractivity contribution in [1.29, 1.82) is 0 Å². The molecule has 0 aliphatic heterocycles. The van der Waals surface area contributed by atoms with E-state index in [2.05, 4.69) is 16.0 Å². The van der Waals surface area contributed by atoms with Gasteiger partial charge in [-0.3, -0.25) is 24.4 Å². The summed E-state index contributed by atoms with van der Waals surface area (Å²) in [5.41, 5.74) is 7.80. The molecule has 0 saturated heterocycles. The zero-order chi connectivity index (χ0) is 26.7. The molecule has 2 aromatic rings. The van der Waals surface area contributed by atoms with Crippen molar-refractivity contribution in [3.8, 4) is 0 Å². The Morgan fingerprint density at radius 1 is 0.917 bits per heavy atom. The lowest BCUT2D eigenvalue weighted by molar-refractivity contribution is -0.137. The van der Waals surface area contributed by atoms with Crippen LogP contribution in [0.3, 0.4) is 0 Å². The van der Waals surface area contributed by atoms with Crippen LogP contribution in [0.5, 0.6) is 0 Å². The summed E-state index contributed by atoms with van der Waals surface area (Å²) < 4.78 is 0. The smallest absolute Gasteiger partial charge is 0.244 e. The molecule has 2 rings (SSSR count). The van der Waals surface area contributed by atoms with Crippen LogP contribution >= 0.6 is 0 Å². The first kappa shape index (κ1) is 28.7. The Morgan fingerprint density at radius 3 is 2.25 bits per heavy atom. The maximum Gasteiger partial charge on any atom is 0.244 e. The predicted molar refractivity (Wildman–Crippen MR) is 137 cm³/mol. The molecule has 7 N–H and O–H groups in total. The van der Waals surface area contributed by atoms with Crippen molar-refractivity contribution in [2.75, 3.05) is 13.1 Å². The standard InChI is InChI=1S/C26H37N5O5/c1-16(2)12-21(15-23(32)31-36)25(34)30-22(26(35)29-17(3)24(33)28-11-10-27)14-18-8-9-19-6-4-5-7-20(19)13-18/h4-9,13,16-17,21-22,36H,10-12,14-15,27H2,1-3H3,(H,28,33)(H,29,35)(H,30,34)(H,31,32)/t17-,21+,22-/m0/s1. The van der Waals surface area contributed by atoms with Crippen molar-refractivity contribution in [1.82, 2.24) is 21.4 Å². The zero-order valence-electron chi connectivity index (χ0n) is 21.0. The van der Waals surface area contributed by atoms with E-state index in [-0.39, 0.29) is 37.8 Å². The van der Waals surface area contributed by atoms with Gasteiger partial charge >= 0.3 is 0 Å². The fraction of sp³-hybridized carbons (Fsp3) is 0.462. The molecular formula is C26H37N5O5. The molecule has 196 valence electrons. The Balaban J connectivity index is 2.26. The number of nitrogens with two attached hydrogens (primary N) is 1. The monoisotopic (exact) mass is 499 g/mol. The highest BCUT2D eigenvalue weighted by molar-refractivity contribution is 5.93. The van der Waals surface area contributed by atoms with Gasteiger partial charge in [-0.05, 0) is 35.6 Å². The predicted octanol–water partition coefficient (Wildman–Crippen LogP) is 1.00. The molecule has 0 saturated carbocycles. The summed E-state index contributed by atoms with van der Waals surface area (Å²) in [4.78, 5) is 50.4. The van der Waals surface area contributed by atoms with Gasteiger partial charge in [0.1, 0.15) is 12.1 Å². The van der Waals surface area contributed by atoms with Gasteiger partial charge in [0.15, 0.2) is 0 Å². The van der Waals surface area contributed by atoms with Gasteiger partial charge in [-0.15, -0.1) is 0 Å².